The van der Waals surface area contributed by atoms with Crippen molar-refractivity contribution in [3.63, 3.8) is 0 Å². The van der Waals surface area contributed by atoms with Crippen LogP contribution < -0.4 is 0 Å². The largest absolute Gasteiger partial charge is 0.336 e. The fraction of sp³-hybridized carbons (Fsp3) is 0.409. The molecule has 1 fully saturated rings. The molecule has 1 aliphatic heterocycles. The number of carbonyl (C=O) groups is 1. The van der Waals surface area contributed by atoms with Gasteiger partial charge >= 0.3 is 0 Å². The molecule has 0 aromatic heterocycles. The molecule has 0 atom stereocenters. The number of amides is 1. The van der Waals surface area contributed by atoms with Gasteiger partial charge in [-0.25, -0.2) is 8.42 Å². The Labute approximate surface area is 184 Å². The molecule has 30 heavy (non-hydrogen) atoms. The average molecular weight is 450 g/mol. The highest BCUT2D eigenvalue weighted by Gasteiger charge is 2.27. The molecule has 0 unspecified atom stereocenters. The summed E-state index contributed by atoms with van der Waals surface area (Å²) in [6, 6.07) is 14.6. The molecule has 2 aromatic carbocycles. The standard InChI is InChI=1S/C22H28ClN3O3S/c1-3-26(4-2)30(28,29)19-10-11-21(23)20(16-19)22(27)25-14-12-24(13-15-25)17-18-8-6-5-7-9-18/h5-11,16H,3-4,12-15,17H2,1-2H3. The Kier molecular flexibility index (Phi) is 7.52. The summed E-state index contributed by atoms with van der Waals surface area (Å²) in [4.78, 5) is 17.2. The summed E-state index contributed by atoms with van der Waals surface area (Å²) in [5, 5.41) is 0.269. The van der Waals surface area contributed by atoms with Crippen molar-refractivity contribution >= 4 is 27.5 Å². The molecule has 8 heteroatoms. The average Bonchev–Trinajstić information content (AvgIpc) is 2.75. The second-order valence-corrected chi connectivity index (χ2v) is 9.63. The van der Waals surface area contributed by atoms with Gasteiger partial charge < -0.3 is 4.90 Å². The molecule has 0 saturated carbocycles. The number of benzene rings is 2. The predicted octanol–water partition coefficient (Wildman–Crippen LogP) is 3.33. The van der Waals surface area contributed by atoms with E-state index in [-0.39, 0.29) is 21.4 Å². The predicted molar refractivity (Wildman–Crippen MR) is 119 cm³/mol. The van der Waals surface area contributed by atoms with Crippen LogP contribution in [0.15, 0.2) is 53.4 Å². The van der Waals surface area contributed by atoms with Crippen LogP contribution in [0.25, 0.3) is 0 Å². The Morgan fingerprint density at radius 2 is 1.63 bits per heavy atom. The van der Waals surface area contributed by atoms with Gasteiger partial charge in [0.05, 0.1) is 15.5 Å². The third kappa shape index (κ3) is 5.03. The third-order valence-corrected chi connectivity index (χ3v) is 7.80. The Morgan fingerprint density at radius 3 is 2.23 bits per heavy atom. The summed E-state index contributed by atoms with van der Waals surface area (Å²) in [5.41, 5.74) is 1.48. The van der Waals surface area contributed by atoms with Crippen LogP contribution in [0.1, 0.15) is 29.8 Å². The number of hydrogen-bond donors (Lipinski definition) is 0. The lowest BCUT2D eigenvalue weighted by atomic mass is 10.1. The Bertz CT molecular complexity index is 970. The van der Waals surface area contributed by atoms with Crippen molar-refractivity contribution in [1.82, 2.24) is 14.1 Å². The SMILES string of the molecule is CCN(CC)S(=O)(=O)c1ccc(Cl)c(C(=O)N2CCN(Cc3ccccc3)CC2)c1. The number of carbonyl (C=O) groups excluding carboxylic acids is 1. The molecule has 6 nitrogen and oxygen atoms in total. The van der Waals surface area contributed by atoms with Gasteiger partial charge in [-0.1, -0.05) is 55.8 Å². The van der Waals surface area contributed by atoms with E-state index in [9.17, 15) is 13.2 Å². The minimum atomic E-state index is -3.65. The van der Waals surface area contributed by atoms with Gasteiger partial charge in [-0.2, -0.15) is 4.31 Å². The normalized spacial score (nSPS) is 15.5. The van der Waals surface area contributed by atoms with E-state index in [1.165, 1.54) is 28.1 Å². The number of halogens is 1. The van der Waals surface area contributed by atoms with Crippen molar-refractivity contribution in [3.05, 3.63) is 64.7 Å². The van der Waals surface area contributed by atoms with Crippen LogP contribution in [0.4, 0.5) is 0 Å². The highest BCUT2D eigenvalue weighted by Crippen LogP contribution is 2.25. The molecule has 0 bridgehead atoms. The highest BCUT2D eigenvalue weighted by molar-refractivity contribution is 7.89. The molecule has 3 rings (SSSR count). The van der Waals surface area contributed by atoms with Crippen molar-refractivity contribution in [3.8, 4) is 0 Å². The van der Waals surface area contributed by atoms with E-state index in [1.54, 1.807) is 18.7 Å². The van der Waals surface area contributed by atoms with Crippen LogP contribution in [-0.2, 0) is 16.6 Å². The molecular formula is C22H28ClN3O3S. The first kappa shape index (κ1) is 22.7. The van der Waals surface area contributed by atoms with E-state index in [0.717, 1.165) is 19.6 Å². The van der Waals surface area contributed by atoms with Crippen LogP contribution in [0, 0.1) is 0 Å². The van der Waals surface area contributed by atoms with Gasteiger partial charge in [0.1, 0.15) is 0 Å². The zero-order chi connectivity index (χ0) is 21.7. The minimum Gasteiger partial charge on any atom is -0.336 e. The maximum absolute atomic E-state index is 13.1. The molecule has 2 aromatic rings. The summed E-state index contributed by atoms with van der Waals surface area (Å²) in [7, 11) is -3.65. The highest BCUT2D eigenvalue weighted by atomic mass is 35.5. The van der Waals surface area contributed by atoms with Gasteiger partial charge in [-0.05, 0) is 23.8 Å². The fourth-order valence-corrected chi connectivity index (χ4v) is 5.35. The van der Waals surface area contributed by atoms with Crippen LogP contribution >= 0.6 is 11.6 Å². The molecule has 1 amide bonds. The van der Waals surface area contributed by atoms with Crippen molar-refractivity contribution in [2.45, 2.75) is 25.3 Å². The molecule has 1 heterocycles. The van der Waals surface area contributed by atoms with Crippen molar-refractivity contribution < 1.29 is 13.2 Å². The molecular weight excluding hydrogens is 422 g/mol. The van der Waals surface area contributed by atoms with Gasteiger partial charge in [0.2, 0.25) is 10.0 Å². The molecule has 162 valence electrons. The van der Waals surface area contributed by atoms with E-state index in [0.29, 0.717) is 26.2 Å². The lowest BCUT2D eigenvalue weighted by Gasteiger charge is -2.35. The van der Waals surface area contributed by atoms with Crippen LogP contribution in [-0.4, -0.2) is 67.7 Å². The van der Waals surface area contributed by atoms with Crippen LogP contribution in [0.2, 0.25) is 5.02 Å². The lowest BCUT2D eigenvalue weighted by Crippen LogP contribution is -2.48. The van der Waals surface area contributed by atoms with Crippen molar-refractivity contribution in [2.75, 3.05) is 39.3 Å². The molecule has 0 aliphatic carbocycles. The first-order chi connectivity index (χ1) is 14.4. The summed E-state index contributed by atoms with van der Waals surface area (Å²) in [6.07, 6.45) is 0. The van der Waals surface area contributed by atoms with Gasteiger partial charge in [0.25, 0.3) is 5.91 Å². The summed E-state index contributed by atoms with van der Waals surface area (Å²) < 4.78 is 27.0. The molecule has 0 radical (unpaired) electrons. The molecule has 1 aliphatic rings. The van der Waals surface area contributed by atoms with Gasteiger partial charge in [0.15, 0.2) is 0 Å². The maximum atomic E-state index is 13.1. The van der Waals surface area contributed by atoms with Crippen LogP contribution in [0.3, 0.4) is 0 Å². The number of piperazine rings is 1. The second kappa shape index (κ2) is 9.92. The monoisotopic (exact) mass is 449 g/mol. The van der Waals surface area contributed by atoms with E-state index in [2.05, 4.69) is 17.0 Å². The fourth-order valence-electron chi connectivity index (χ4n) is 3.66. The van der Waals surface area contributed by atoms with Crippen molar-refractivity contribution in [1.29, 1.82) is 0 Å². The molecule has 0 N–H and O–H groups in total. The van der Waals surface area contributed by atoms with Gasteiger partial charge in [0, 0.05) is 45.8 Å². The number of rotatable bonds is 7. The summed E-state index contributed by atoms with van der Waals surface area (Å²) >= 11 is 6.28. The van der Waals surface area contributed by atoms with E-state index < -0.39 is 10.0 Å². The quantitative estimate of drug-likeness (QED) is 0.650. The lowest BCUT2D eigenvalue weighted by molar-refractivity contribution is 0.0628. The molecule has 1 saturated heterocycles. The summed E-state index contributed by atoms with van der Waals surface area (Å²) in [6.45, 7) is 7.84. The second-order valence-electron chi connectivity index (χ2n) is 7.28. The number of sulfonamides is 1. The topological polar surface area (TPSA) is 60.9 Å². The smallest absolute Gasteiger partial charge is 0.255 e. The third-order valence-electron chi connectivity index (χ3n) is 5.42. The van der Waals surface area contributed by atoms with Gasteiger partial charge in [-0.15, -0.1) is 0 Å². The Hall–Kier alpha value is -1.93. The molecule has 0 spiro atoms. The van der Waals surface area contributed by atoms with E-state index in [1.807, 2.05) is 18.2 Å². The first-order valence-electron chi connectivity index (χ1n) is 10.2. The number of hydrogen-bond acceptors (Lipinski definition) is 4. The Balaban J connectivity index is 1.71. The zero-order valence-electron chi connectivity index (χ0n) is 17.4. The van der Waals surface area contributed by atoms with E-state index >= 15 is 0 Å². The Morgan fingerprint density at radius 1 is 1.00 bits per heavy atom. The van der Waals surface area contributed by atoms with Crippen LogP contribution in [0.5, 0.6) is 0 Å². The van der Waals surface area contributed by atoms with Crippen molar-refractivity contribution in [2.24, 2.45) is 0 Å². The summed E-state index contributed by atoms with van der Waals surface area (Å²) in [5.74, 6) is -0.226. The first-order valence-corrected chi connectivity index (χ1v) is 12.0. The zero-order valence-corrected chi connectivity index (χ0v) is 19.0. The van der Waals surface area contributed by atoms with E-state index in [4.69, 9.17) is 11.6 Å². The maximum Gasteiger partial charge on any atom is 0.255 e. The minimum absolute atomic E-state index is 0.0988. The number of nitrogens with zero attached hydrogens (tertiary/aromatic N) is 3. The van der Waals surface area contributed by atoms with Gasteiger partial charge in [-0.3, -0.25) is 9.69 Å².